The lowest BCUT2D eigenvalue weighted by molar-refractivity contribution is 0.391. The predicted molar refractivity (Wildman–Crippen MR) is 94.8 cm³/mol. The molecule has 0 radical (unpaired) electrons. The van der Waals surface area contributed by atoms with Gasteiger partial charge < -0.3 is 14.8 Å². The summed E-state index contributed by atoms with van der Waals surface area (Å²) in [6, 6.07) is 8.12. The summed E-state index contributed by atoms with van der Waals surface area (Å²) in [5, 5.41) is 8.80. The number of fused-ring (bicyclic) bond motifs is 1. The summed E-state index contributed by atoms with van der Waals surface area (Å²) in [7, 11) is 3.30. The van der Waals surface area contributed by atoms with Crippen LogP contribution in [0.15, 0.2) is 36.7 Å². The molecule has 1 N–H and O–H groups in total. The summed E-state index contributed by atoms with van der Waals surface area (Å²) >= 11 is 0. The van der Waals surface area contributed by atoms with Gasteiger partial charge in [0, 0.05) is 41.9 Å². The van der Waals surface area contributed by atoms with Gasteiger partial charge in [-0.2, -0.15) is 5.10 Å². The summed E-state index contributed by atoms with van der Waals surface area (Å²) < 4.78 is 12.7. The maximum Gasteiger partial charge on any atom is 0.128 e. The van der Waals surface area contributed by atoms with Crippen LogP contribution in [0.25, 0.3) is 10.9 Å². The molecule has 24 heavy (non-hydrogen) atoms. The minimum absolute atomic E-state index is 0.305. The highest BCUT2D eigenvalue weighted by atomic mass is 16.5. The minimum Gasteiger partial charge on any atom is -0.497 e. The number of anilines is 1. The van der Waals surface area contributed by atoms with Crippen molar-refractivity contribution in [1.82, 2.24) is 14.8 Å². The Balaban J connectivity index is 1.82. The Morgan fingerprint density at radius 1 is 1.12 bits per heavy atom. The Labute approximate surface area is 141 Å². The van der Waals surface area contributed by atoms with Gasteiger partial charge in [0.1, 0.15) is 17.3 Å². The van der Waals surface area contributed by atoms with E-state index >= 15 is 0 Å². The van der Waals surface area contributed by atoms with Crippen molar-refractivity contribution < 1.29 is 9.47 Å². The third-order valence-corrected chi connectivity index (χ3v) is 3.92. The monoisotopic (exact) mass is 326 g/mol. The molecule has 0 saturated heterocycles. The lowest BCUT2D eigenvalue weighted by Crippen LogP contribution is -2.05. The van der Waals surface area contributed by atoms with Crippen LogP contribution in [0.4, 0.5) is 5.82 Å². The number of hydrogen-bond donors (Lipinski definition) is 1. The second-order valence-corrected chi connectivity index (χ2v) is 5.84. The molecule has 0 aliphatic carbocycles. The molecule has 2 aromatic heterocycles. The van der Waals surface area contributed by atoms with Crippen LogP contribution in [-0.4, -0.2) is 29.0 Å². The van der Waals surface area contributed by atoms with Crippen molar-refractivity contribution in [2.75, 3.05) is 19.5 Å². The van der Waals surface area contributed by atoms with E-state index in [0.717, 1.165) is 33.8 Å². The van der Waals surface area contributed by atoms with Crippen molar-refractivity contribution in [2.45, 2.75) is 26.4 Å². The normalized spacial score (nSPS) is 11.0. The molecule has 0 atom stereocenters. The fourth-order valence-corrected chi connectivity index (χ4v) is 2.63. The van der Waals surface area contributed by atoms with Gasteiger partial charge in [0.15, 0.2) is 0 Å². The largest absolute Gasteiger partial charge is 0.497 e. The number of rotatable bonds is 6. The van der Waals surface area contributed by atoms with Crippen molar-refractivity contribution in [3.63, 3.8) is 0 Å². The van der Waals surface area contributed by atoms with E-state index in [1.54, 1.807) is 14.2 Å². The average Bonchev–Trinajstić information content (AvgIpc) is 3.03. The van der Waals surface area contributed by atoms with Gasteiger partial charge >= 0.3 is 0 Å². The van der Waals surface area contributed by atoms with Crippen molar-refractivity contribution in [3.8, 4) is 11.5 Å². The maximum absolute atomic E-state index is 5.43. The van der Waals surface area contributed by atoms with Gasteiger partial charge in [-0.1, -0.05) is 0 Å². The number of pyridine rings is 1. The molecular formula is C18H22N4O2. The number of aromatic nitrogens is 3. The average molecular weight is 326 g/mol. The molecule has 0 bridgehead atoms. The molecular weight excluding hydrogens is 304 g/mol. The molecule has 126 valence electrons. The summed E-state index contributed by atoms with van der Waals surface area (Å²) in [6.45, 7) is 4.84. The van der Waals surface area contributed by atoms with E-state index in [1.807, 2.05) is 41.3 Å². The van der Waals surface area contributed by atoms with Crippen LogP contribution in [0.1, 0.15) is 25.5 Å². The van der Waals surface area contributed by atoms with Crippen LogP contribution < -0.4 is 14.8 Å². The topological polar surface area (TPSA) is 61.2 Å². The van der Waals surface area contributed by atoms with Gasteiger partial charge in [0.2, 0.25) is 0 Å². The molecule has 0 amide bonds. The quantitative estimate of drug-likeness (QED) is 0.749. The highest BCUT2D eigenvalue weighted by molar-refractivity contribution is 5.80. The highest BCUT2D eigenvalue weighted by Crippen LogP contribution is 2.26. The molecule has 2 heterocycles. The van der Waals surface area contributed by atoms with E-state index < -0.39 is 0 Å². The maximum atomic E-state index is 5.43. The predicted octanol–water partition coefficient (Wildman–Crippen LogP) is 3.64. The van der Waals surface area contributed by atoms with Crippen LogP contribution in [-0.2, 0) is 6.54 Å². The third-order valence-electron chi connectivity index (χ3n) is 3.92. The first-order valence-electron chi connectivity index (χ1n) is 7.90. The van der Waals surface area contributed by atoms with Gasteiger partial charge in [0.05, 0.1) is 25.9 Å². The number of nitrogens with one attached hydrogen (secondary N) is 1. The molecule has 6 nitrogen and oxygen atoms in total. The fraction of sp³-hybridized carbons (Fsp3) is 0.333. The molecule has 6 heteroatoms. The second kappa shape index (κ2) is 6.78. The SMILES string of the molecule is COc1ccc(CNc2cc3c(cn2)cnn3C(C)C)c(OC)c1. The van der Waals surface area contributed by atoms with Gasteiger partial charge in [-0.25, -0.2) is 4.98 Å². The number of ether oxygens (including phenoxy) is 2. The van der Waals surface area contributed by atoms with Crippen LogP contribution in [0.5, 0.6) is 11.5 Å². The first-order chi connectivity index (χ1) is 11.6. The molecule has 1 aromatic carbocycles. The molecule has 0 fully saturated rings. The van der Waals surface area contributed by atoms with Gasteiger partial charge in [0.25, 0.3) is 0 Å². The first kappa shape index (κ1) is 16.1. The summed E-state index contributed by atoms with van der Waals surface area (Å²) in [6.07, 6.45) is 3.69. The summed E-state index contributed by atoms with van der Waals surface area (Å²) in [5.74, 6) is 2.37. The van der Waals surface area contributed by atoms with Crippen molar-refractivity contribution in [1.29, 1.82) is 0 Å². The van der Waals surface area contributed by atoms with Gasteiger partial charge in [-0.05, 0) is 26.0 Å². The van der Waals surface area contributed by atoms with Crippen LogP contribution in [0.2, 0.25) is 0 Å². The summed E-state index contributed by atoms with van der Waals surface area (Å²) in [4.78, 5) is 4.45. The zero-order valence-corrected chi connectivity index (χ0v) is 14.4. The van der Waals surface area contributed by atoms with E-state index in [9.17, 15) is 0 Å². The van der Waals surface area contributed by atoms with Crippen LogP contribution in [0, 0.1) is 0 Å². The van der Waals surface area contributed by atoms with Crippen LogP contribution in [0.3, 0.4) is 0 Å². The van der Waals surface area contributed by atoms with E-state index in [4.69, 9.17) is 9.47 Å². The summed E-state index contributed by atoms with van der Waals surface area (Å²) in [5.41, 5.74) is 2.11. The van der Waals surface area contributed by atoms with E-state index in [0.29, 0.717) is 12.6 Å². The van der Waals surface area contributed by atoms with E-state index in [1.165, 1.54) is 0 Å². The smallest absolute Gasteiger partial charge is 0.128 e. The Morgan fingerprint density at radius 3 is 2.67 bits per heavy atom. The van der Waals surface area contributed by atoms with Crippen molar-refractivity contribution in [3.05, 3.63) is 42.2 Å². The Kier molecular flexibility index (Phi) is 4.55. The zero-order valence-electron chi connectivity index (χ0n) is 14.4. The number of benzene rings is 1. The number of nitrogens with zero attached hydrogens (tertiary/aromatic N) is 3. The molecule has 0 aliphatic heterocycles. The lowest BCUT2D eigenvalue weighted by Gasteiger charge is -2.12. The standard InChI is InChI=1S/C18H22N4O2/c1-12(2)22-16-8-18(20-10-14(16)11-21-22)19-9-13-5-6-15(23-3)7-17(13)24-4/h5-8,10-12H,9H2,1-4H3,(H,19,20). The first-order valence-corrected chi connectivity index (χ1v) is 7.90. The van der Waals surface area contributed by atoms with Gasteiger partial charge in [-0.3, -0.25) is 4.68 Å². The Hall–Kier alpha value is -2.76. The second-order valence-electron chi connectivity index (χ2n) is 5.84. The Bertz CT molecular complexity index is 842. The van der Waals surface area contributed by atoms with E-state index in [2.05, 4.69) is 29.2 Å². The number of hydrogen-bond acceptors (Lipinski definition) is 5. The molecule has 0 unspecified atom stereocenters. The molecule has 3 rings (SSSR count). The van der Waals surface area contributed by atoms with Gasteiger partial charge in [-0.15, -0.1) is 0 Å². The van der Waals surface area contributed by atoms with Crippen molar-refractivity contribution in [2.24, 2.45) is 0 Å². The molecule has 0 aliphatic rings. The molecule has 0 saturated carbocycles. The fourth-order valence-electron chi connectivity index (χ4n) is 2.63. The molecule has 0 spiro atoms. The third kappa shape index (κ3) is 3.13. The van der Waals surface area contributed by atoms with Crippen LogP contribution >= 0.6 is 0 Å². The lowest BCUT2D eigenvalue weighted by atomic mass is 10.2. The highest BCUT2D eigenvalue weighted by Gasteiger charge is 2.09. The van der Waals surface area contributed by atoms with E-state index in [-0.39, 0.29) is 0 Å². The molecule has 3 aromatic rings. The Morgan fingerprint density at radius 2 is 1.96 bits per heavy atom. The minimum atomic E-state index is 0.305. The number of methoxy groups -OCH3 is 2. The zero-order chi connectivity index (χ0) is 17.1. The van der Waals surface area contributed by atoms with Crippen molar-refractivity contribution >= 4 is 16.7 Å².